The summed E-state index contributed by atoms with van der Waals surface area (Å²) in [5.74, 6) is -2.16. The Morgan fingerprint density at radius 1 is 1.16 bits per heavy atom. The molecule has 2 atom stereocenters. The Kier molecular flexibility index (Phi) is 5.82. The lowest BCUT2D eigenvalue weighted by molar-refractivity contribution is -0.154. The van der Waals surface area contributed by atoms with Crippen molar-refractivity contribution >= 4 is 23.5 Å². The zero-order chi connectivity index (χ0) is 18.6. The number of aliphatic carboxylic acids is 1. The molecule has 0 spiro atoms. The van der Waals surface area contributed by atoms with Crippen LogP contribution >= 0.6 is 0 Å². The first kappa shape index (κ1) is 19.0. The number of nitrogens with one attached hydrogen (secondary N) is 1. The highest BCUT2D eigenvalue weighted by Gasteiger charge is 2.34. The summed E-state index contributed by atoms with van der Waals surface area (Å²) in [6.07, 6.45) is 1.51. The fourth-order valence-electron chi connectivity index (χ4n) is 3.01. The van der Waals surface area contributed by atoms with E-state index < -0.39 is 17.5 Å². The summed E-state index contributed by atoms with van der Waals surface area (Å²) in [6.45, 7) is 5.41. The molecule has 0 bridgehead atoms. The van der Waals surface area contributed by atoms with Crippen LogP contribution in [-0.4, -0.2) is 28.6 Å². The van der Waals surface area contributed by atoms with Crippen molar-refractivity contribution in [2.24, 2.45) is 11.8 Å². The quantitative estimate of drug-likeness (QED) is 0.799. The number of rotatable bonds is 5. The Balaban J connectivity index is 2.02. The zero-order valence-corrected chi connectivity index (χ0v) is 14.9. The number of anilines is 1. The molecule has 1 aromatic carbocycles. The molecule has 1 aliphatic rings. The van der Waals surface area contributed by atoms with Crippen molar-refractivity contribution in [3.8, 4) is 0 Å². The zero-order valence-electron chi connectivity index (χ0n) is 14.9. The lowest BCUT2D eigenvalue weighted by atomic mass is 10.0. The molecule has 1 amide bonds. The van der Waals surface area contributed by atoms with Gasteiger partial charge >= 0.3 is 11.9 Å². The van der Waals surface area contributed by atoms with Gasteiger partial charge in [-0.3, -0.25) is 14.4 Å². The van der Waals surface area contributed by atoms with E-state index in [-0.39, 0.29) is 24.2 Å². The summed E-state index contributed by atoms with van der Waals surface area (Å²) in [5, 5.41) is 11.9. The van der Waals surface area contributed by atoms with Gasteiger partial charge in [-0.2, -0.15) is 0 Å². The number of para-hydroxylation sites is 1. The summed E-state index contributed by atoms with van der Waals surface area (Å²) in [6, 6.07) is 7.09. The van der Waals surface area contributed by atoms with Crippen molar-refractivity contribution in [3.05, 3.63) is 29.8 Å². The Labute approximate surface area is 147 Å². The fourth-order valence-corrected chi connectivity index (χ4v) is 3.01. The fraction of sp³-hybridized carbons (Fsp3) is 0.526. The van der Waals surface area contributed by atoms with Crippen LogP contribution in [0.25, 0.3) is 0 Å². The van der Waals surface area contributed by atoms with E-state index in [1.165, 1.54) is 0 Å². The largest absolute Gasteiger partial charge is 0.481 e. The summed E-state index contributed by atoms with van der Waals surface area (Å²) in [5.41, 5.74) is 0.681. The first-order valence-corrected chi connectivity index (χ1v) is 8.49. The molecule has 0 saturated heterocycles. The molecular formula is C19H25NO5. The van der Waals surface area contributed by atoms with E-state index in [0.717, 1.165) is 0 Å². The standard InChI is InChI=1S/C19H25NO5/c1-19(2,3)25-16(21)11-12-6-4-5-7-15(12)20-17(22)13-8-9-14(10-13)18(23)24/h4-7,13-14H,8-11H2,1-3H3,(H,20,22)(H,23,24)/t13-,14+/m1/s1. The number of ether oxygens (including phenoxy) is 1. The summed E-state index contributed by atoms with van der Waals surface area (Å²) < 4.78 is 5.32. The average molecular weight is 347 g/mol. The topological polar surface area (TPSA) is 92.7 Å². The second-order valence-electron chi connectivity index (χ2n) is 7.45. The van der Waals surface area contributed by atoms with Crippen LogP contribution in [0.1, 0.15) is 45.6 Å². The number of carbonyl (C=O) groups is 3. The summed E-state index contributed by atoms with van der Waals surface area (Å²) in [4.78, 5) is 35.5. The highest BCUT2D eigenvalue weighted by molar-refractivity contribution is 5.94. The normalized spacial score (nSPS) is 20.1. The molecule has 25 heavy (non-hydrogen) atoms. The lowest BCUT2D eigenvalue weighted by Crippen LogP contribution is -2.26. The number of carboxylic acid groups (broad SMARTS) is 1. The molecule has 0 aromatic heterocycles. The van der Waals surface area contributed by atoms with Gasteiger partial charge < -0.3 is 15.2 Å². The number of carboxylic acids is 1. The smallest absolute Gasteiger partial charge is 0.310 e. The molecule has 0 heterocycles. The molecule has 1 aliphatic carbocycles. The third kappa shape index (κ3) is 5.59. The van der Waals surface area contributed by atoms with Gasteiger partial charge in [0.2, 0.25) is 5.91 Å². The molecule has 6 nitrogen and oxygen atoms in total. The van der Waals surface area contributed by atoms with Crippen LogP contribution in [0.5, 0.6) is 0 Å². The SMILES string of the molecule is CC(C)(C)OC(=O)Cc1ccccc1NC(=O)[C@@H]1CC[C@H](C(=O)O)C1. The Bertz CT molecular complexity index is 662. The molecule has 1 saturated carbocycles. The number of hydrogen-bond donors (Lipinski definition) is 2. The molecule has 2 rings (SSSR count). The summed E-state index contributed by atoms with van der Waals surface area (Å²) >= 11 is 0. The van der Waals surface area contributed by atoms with Crippen molar-refractivity contribution in [1.29, 1.82) is 0 Å². The van der Waals surface area contributed by atoms with Crippen molar-refractivity contribution in [2.45, 2.75) is 52.1 Å². The maximum atomic E-state index is 12.4. The van der Waals surface area contributed by atoms with Crippen LogP contribution in [0.3, 0.4) is 0 Å². The number of carbonyl (C=O) groups excluding carboxylic acids is 2. The number of benzene rings is 1. The van der Waals surface area contributed by atoms with Crippen LogP contribution in [0.4, 0.5) is 5.69 Å². The van der Waals surface area contributed by atoms with Gasteiger partial charge in [0.15, 0.2) is 0 Å². The first-order chi connectivity index (χ1) is 11.7. The Hall–Kier alpha value is -2.37. The van der Waals surface area contributed by atoms with Gasteiger partial charge in [-0.15, -0.1) is 0 Å². The van der Waals surface area contributed by atoms with E-state index >= 15 is 0 Å². The van der Waals surface area contributed by atoms with Crippen LogP contribution in [-0.2, 0) is 25.5 Å². The second kappa shape index (κ2) is 7.68. The van der Waals surface area contributed by atoms with Crippen LogP contribution in [0.2, 0.25) is 0 Å². The third-order valence-electron chi connectivity index (χ3n) is 4.18. The second-order valence-corrected chi connectivity index (χ2v) is 7.45. The molecule has 0 aliphatic heterocycles. The maximum absolute atomic E-state index is 12.4. The molecule has 0 unspecified atom stereocenters. The van der Waals surface area contributed by atoms with Crippen LogP contribution < -0.4 is 5.32 Å². The van der Waals surface area contributed by atoms with Crippen LogP contribution in [0.15, 0.2) is 24.3 Å². The van der Waals surface area contributed by atoms with Crippen molar-refractivity contribution in [3.63, 3.8) is 0 Å². The Morgan fingerprint density at radius 3 is 2.40 bits per heavy atom. The predicted octanol–water partition coefficient (Wildman–Crippen LogP) is 3.01. The third-order valence-corrected chi connectivity index (χ3v) is 4.18. The predicted molar refractivity (Wildman–Crippen MR) is 93.1 cm³/mol. The lowest BCUT2D eigenvalue weighted by Gasteiger charge is -2.20. The molecule has 2 N–H and O–H groups in total. The van der Waals surface area contributed by atoms with Gasteiger partial charge in [-0.25, -0.2) is 0 Å². The van der Waals surface area contributed by atoms with Gasteiger partial charge in [0.25, 0.3) is 0 Å². The number of amides is 1. The molecule has 136 valence electrons. The molecule has 0 radical (unpaired) electrons. The van der Waals surface area contributed by atoms with Gasteiger partial charge in [-0.1, -0.05) is 18.2 Å². The Morgan fingerprint density at radius 2 is 1.80 bits per heavy atom. The van der Waals surface area contributed by atoms with E-state index in [4.69, 9.17) is 9.84 Å². The number of esters is 1. The maximum Gasteiger partial charge on any atom is 0.310 e. The summed E-state index contributed by atoms with van der Waals surface area (Å²) in [7, 11) is 0. The van der Waals surface area contributed by atoms with Gasteiger partial charge in [0.1, 0.15) is 5.60 Å². The molecular weight excluding hydrogens is 322 g/mol. The highest BCUT2D eigenvalue weighted by Crippen LogP contribution is 2.32. The number of hydrogen-bond acceptors (Lipinski definition) is 4. The van der Waals surface area contributed by atoms with E-state index in [2.05, 4.69) is 5.32 Å². The van der Waals surface area contributed by atoms with Crippen molar-refractivity contribution in [2.75, 3.05) is 5.32 Å². The van der Waals surface area contributed by atoms with E-state index in [1.807, 2.05) is 0 Å². The molecule has 6 heteroatoms. The molecule has 1 fully saturated rings. The monoisotopic (exact) mass is 347 g/mol. The van der Waals surface area contributed by atoms with Crippen molar-refractivity contribution < 1.29 is 24.2 Å². The first-order valence-electron chi connectivity index (χ1n) is 8.49. The van der Waals surface area contributed by atoms with E-state index in [1.54, 1.807) is 45.0 Å². The average Bonchev–Trinajstić information content (AvgIpc) is 2.97. The minimum absolute atomic E-state index is 0.0656. The van der Waals surface area contributed by atoms with E-state index in [0.29, 0.717) is 30.5 Å². The highest BCUT2D eigenvalue weighted by atomic mass is 16.6. The minimum Gasteiger partial charge on any atom is -0.481 e. The van der Waals surface area contributed by atoms with E-state index in [9.17, 15) is 14.4 Å². The van der Waals surface area contributed by atoms with Gasteiger partial charge in [0.05, 0.1) is 12.3 Å². The van der Waals surface area contributed by atoms with Crippen LogP contribution in [0, 0.1) is 11.8 Å². The molecule has 1 aromatic rings. The van der Waals surface area contributed by atoms with Crippen molar-refractivity contribution in [1.82, 2.24) is 0 Å². The minimum atomic E-state index is -0.847. The van der Waals surface area contributed by atoms with Gasteiger partial charge in [0, 0.05) is 11.6 Å². The van der Waals surface area contributed by atoms with Gasteiger partial charge in [-0.05, 0) is 51.7 Å².